The lowest BCUT2D eigenvalue weighted by atomic mass is 10.2. The molecule has 0 unspecified atom stereocenters. The van der Waals surface area contributed by atoms with Crippen molar-refractivity contribution < 1.29 is 4.79 Å². The summed E-state index contributed by atoms with van der Waals surface area (Å²) in [5.41, 5.74) is 2.84. The minimum Gasteiger partial charge on any atom is -0.348 e. The minimum atomic E-state index is -0.295. The van der Waals surface area contributed by atoms with Crippen LogP contribution in [-0.2, 0) is 6.54 Å². The summed E-state index contributed by atoms with van der Waals surface area (Å²) in [6.45, 7) is 4.94. The third-order valence-electron chi connectivity index (χ3n) is 3.61. The number of fused-ring (bicyclic) bond motifs is 1. The Bertz CT molecular complexity index is 822. The highest BCUT2D eigenvalue weighted by Crippen LogP contribution is 2.21. The molecule has 1 aromatic carbocycles. The second-order valence-electron chi connectivity index (χ2n) is 5.12. The van der Waals surface area contributed by atoms with Crippen LogP contribution in [0.3, 0.4) is 0 Å². The van der Waals surface area contributed by atoms with E-state index in [0.29, 0.717) is 5.82 Å². The average Bonchev–Trinajstić information content (AvgIpc) is 2.92. The molecule has 0 fully saturated rings. The number of amides is 2. The summed E-state index contributed by atoms with van der Waals surface area (Å²) in [5, 5.41) is 6.70. The molecule has 0 aliphatic heterocycles. The molecule has 0 aliphatic rings. The number of rotatable bonds is 3. The smallest absolute Gasteiger partial charge is 0.324 e. The van der Waals surface area contributed by atoms with E-state index in [9.17, 15) is 4.79 Å². The van der Waals surface area contributed by atoms with Crippen LogP contribution in [0.2, 0.25) is 0 Å². The molecule has 5 heteroatoms. The van der Waals surface area contributed by atoms with Crippen molar-refractivity contribution in [2.24, 2.45) is 0 Å². The molecule has 0 saturated heterocycles. The van der Waals surface area contributed by atoms with E-state index in [1.807, 2.05) is 49.5 Å². The lowest BCUT2D eigenvalue weighted by Gasteiger charge is -2.09. The van der Waals surface area contributed by atoms with Crippen LogP contribution in [0.4, 0.5) is 16.3 Å². The molecular formula is C17H18N4O. The molecule has 3 aromatic rings. The number of benzene rings is 1. The van der Waals surface area contributed by atoms with Gasteiger partial charge in [0.1, 0.15) is 5.82 Å². The van der Waals surface area contributed by atoms with Crippen molar-refractivity contribution in [3.05, 3.63) is 54.4 Å². The lowest BCUT2D eigenvalue weighted by Crippen LogP contribution is -2.20. The van der Waals surface area contributed by atoms with Gasteiger partial charge in [0.15, 0.2) is 0 Å². The summed E-state index contributed by atoms with van der Waals surface area (Å²) in [6.07, 6.45) is 3.70. The second kappa shape index (κ2) is 5.89. The third kappa shape index (κ3) is 2.79. The van der Waals surface area contributed by atoms with Crippen LogP contribution in [0.5, 0.6) is 0 Å². The van der Waals surface area contributed by atoms with Gasteiger partial charge in [0.25, 0.3) is 0 Å². The third-order valence-corrected chi connectivity index (χ3v) is 3.61. The Kier molecular flexibility index (Phi) is 3.78. The zero-order valence-electron chi connectivity index (χ0n) is 12.6. The fourth-order valence-corrected chi connectivity index (χ4v) is 2.44. The minimum absolute atomic E-state index is 0.295. The molecule has 2 aromatic heterocycles. The number of hydrogen-bond acceptors (Lipinski definition) is 2. The largest absolute Gasteiger partial charge is 0.348 e. The zero-order chi connectivity index (χ0) is 15.5. The predicted octanol–water partition coefficient (Wildman–Crippen LogP) is 4.01. The van der Waals surface area contributed by atoms with E-state index in [0.717, 1.165) is 28.7 Å². The number of nitrogens with zero attached hydrogens (tertiary/aromatic N) is 2. The first-order chi connectivity index (χ1) is 10.7. The second-order valence-corrected chi connectivity index (χ2v) is 5.12. The van der Waals surface area contributed by atoms with Crippen molar-refractivity contribution in [3.8, 4) is 0 Å². The number of carbonyl (C=O) groups excluding carboxylic acids is 1. The Labute approximate surface area is 129 Å². The molecule has 0 radical (unpaired) electrons. The molecule has 112 valence electrons. The van der Waals surface area contributed by atoms with Gasteiger partial charge in [-0.3, -0.25) is 5.32 Å². The summed E-state index contributed by atoms with van der Waals surface area (Å²) < 4.78 is 2.16. The number of nitrogens with one attached hydrogen (secondary N) is 2. The van der Waals surface area contributed by atoms with Crippen molar-refractivity contribution in [2.75, 3.05) is 10.6 Å². The monoisotopic (exact) mass is 294 g/mol. The van der Waals surface area contributed by atoms with E-state index in [2.05, 4.69) is 27.1 Å². The molecule has 0 aliphatic carbocycles. The highest BCUT2D eigenvalue weighted by atomic mass is 16.2. The van der Waals surface area contributed by atoms with Gasteiger partial charge in [-0.1, -0.05) is 6.07 Å². The number of aromatic nitrogens is 2. The molecular weight excluding hydrogens is 276 g/mol. The Morgan fingerprint density at radius 2 is 2.09 bits per heavy atom. The molecule has 2 N–H and O–H groups in total. The maximum absolute atomic E-state index is 12.1. The number of aryl methyl sites for hydroxylation is 2. The van der Waals surface area contributed by atoms with Gasteiger partial charge in [-0.25, -0.2) is 9.78 Å². The van der Waals surface area contributed by atoms with E-state index in [1.54, 1.807) is 6.20 Å². The first-order valence-electron chi connectivity index (χ1n) is 7.26. The van der Waals surface area contributed by atoms with E-state index in [4.69, 9.17) is 0 Å². The zero-order valence-corrected chi connectivity index (χ0v) is 12.6. The van der Waals surface area contributed by atoms with E-state index >= 15 is 0 Å². The summed E-state index contributed by atoms with van der Waals surface area (Å²) >= 11 is 0. The van der Waals surface area contributed by atoms with Gasteiger partial charge in [0.2, 0.25) is 0 Å². The Morgan fingerprint density at radius 1 is 1.23 bits per heavy atom. The van der Waals surface area contributed by atoms with Gasteiger partial charge in [0.05, 0.1) is 0 Å². The van der Waals surface area contributed by atoms with E-state index in [1.165, 1.54) is 0 Å². The Balaban J connectivity index is 1.75. The van der Waals surface area contributed by atoms with Crippen LogP contribution in [0.1, 0.15) is 12.5 Å². The molecule has 3 rings (SSSR count). The van der Waals surface area contributed by atoms with Crippen molar-refractivity contribution in [1.29, 1.82) is 0 Å². The van der Waals surface area contributed by atoms with Crippen LogP contribution in [0, 0.1) is 6.92 Å². The summed E-state index contributed by atoms with van der Waals surface area (Å²) in [7, 11) is 0. The lowest BCUT2D eigenvalue weighted by molar-refractivity contribution is 0.262. The number of urea groups is 1. The topological polar surface area (TPSA) is 59.0 Å². The average molecular weight is 294 g/mol. The molecule has 0 bridgehead atoms. The van der Waals surface area contributed by atoms with Crippen molar-refractivity contribution >= 4 is 28.4 Å². The summed E-state index contributed by atoms with van der Waals surface area (Å²) in [5.74, 6) is 0.568. The van der Waals surface area contributed by atoms with Crippen molar-refractivity contribution in [1.82, 2.24) is 9.55 Å². The number of pyridine rings is 1. The van der Waals surface area contributed by atoms with Crippen LogP contribution < -0.4 is 10.6 Å². The van der Waals surface area contributed by atoms with Gasteiger partial charge in [-0.2, -0.15) is 0 Å². The first kappa shape index (κ1) is 14.1. The fourth-order valence-electron chi connectivity index (χ4n) is 2.44. The van der Waals surface area contributed by atoms with Crippen LogP contribution >= 0.6 is 0 Å². The molecule has 0 spiro atoms. The quantitative estimate of drug-likeness (QED) is 0.766. The number of hydrogen-bond donors (Lipinski definition) is 2. The fraction of sp³-hybridized carbons (Fsp3) is 0.176. The molecule has 22 heavy (non-hydrogen) atoms. The van der Waals surface area contributed by atoms with E-state index < -0.39 is 0 Å². The van der Waals surface area contributed by atoms with Gasteiger partial charge < -0.3 is 9.88 Å². The standard InChI is InChI=1S/C17H18N4O/c1-3-21-10-8-13-11-14(6-7-15(13)21)19-17(22)20-16-12(2)5-4-9-18-16/h4-11H,3H2,1-2H3,(H2,18,19,20,22). The molecule has 2 heterocycles. The van der Waals surface area contributed by atoms with Gasteiger partial charge in [-0.15, -0.1) is 0 Å². The first-order valence-corrected chi connectivity index (χ1v) is 7.26. The van der Waals surface area contributed by atoms with Gasteiger partial charge in [-0.05, 0) is 49.7 Å². The Hall–Kier alpha value is -2.82. The maximum Gasteiger partial charge on any atom is 0.324 e. The highest BCUT2D eigenvalue weighted by molar-refractivity contribution is 6.00. The van der Waals surface area contributed by atoms with Crippen LogP contribution in [-0.4, -0.2) is 15.6 Å². The van der Waals surface area contributed by atoms with Gasteiger partial charge >= 0.3 is 6.03 Å². The molecule has 2 amide bonds. The van der Waals surface area contributed by atoms with E-state index in [-0.39, 0.29) is 6.03 Å². The molecule has 0 saturated carbocycles. The molecule has 5 nitrogen and oxygen atoms in total. The van der Waals surface area contributed by atoms with Crippen LogP contribution in [0.25, 0.3) is 10.9 Å². The summed E-state index contributed by atoms with van der Waals surface area (Å²) in [4.78, 5) is 16.2. The SMILES string of the molecule is CCn1ccc2cc(NC(=O)Nc3ncccc3C)ccc21. The van der Waals surface area contributed by atoms with Crippen molar-refractivity contribution in [2.45, 2.75) is 20.4 Å². The highest BCUT2D eigenvalue weighted by Gasteiger charge is 2.07. The summed E-state index contributed by atoms with van der Waals surface area (Å²) in [6, 6.07) is 11.4. The normalized spacial score (nSPS) is 10.6. The maximum atomic E-state index is 12.1. The van der Waals surface area contributed by atoms with Gasteiger partial charge in [0, 0.05) is 35.5 Å². The molecule has 0 atom stereocenters. The number of carbonyl (C=O) groups is 1. The predicted molar refractivity (Wildman–Crippen MR) is 89.2 cm³/mol. The van der Waals surface area contributed by atoms with Crippen LogP contribution in [0.15, 0.2) is 48.8 Å². The Morgan fingerprint density at radius 3 is 2.86 bits per heavy atom. The number of anilines is 2. The van der Waals surface area contributed by atoms with Crippen molar-refractivity contribution in [3.63, 3.8) is 0 Å².